The van der Waals surface area contributed by atoms with Crippen LogP contribution in [0.3, 0.4) is 0 Å². The first-order valence-corrected chi connectivity index (χ1v) is 7.02. The maximum absolute atomic E-state index is 12.6. The quantitative estimate of drug-likeness (QED) is 0.900. The summed E-state index contributed by atoms with van der Waals surface area (Å²) in [6.45, 7) is 7.38. The average Bonchev–Trinajstić information content (AvgIpc) is 2.58. The zero-order valence-corrected chi connectivity index (χ0v) is 12.2. The lowest BCUT2D eigenvalue weighted by Crippen LogP contribution is -2.49. The number of carbonyl (C=O) groups excluding carboxylic acids is 2. The lowest BCUT2D eigenvalue weighted by Gasteiger charge is -2.31. The topological polar surface area (TPSA) is 52.7 Å². The standard InChI is InChI=1S/C15H21N3O2/c1-4-17(5-2)15(20)18-10-12-8-6-7-9-13(12)16-14(19)11(18)3/h6-9,11H,4-5,10H2,1-3H3,(H,16,19). The number of benzene rings is 1. The van der Waals surface area contributed by atoms with E-state index in [0.717, 1.165) is 11.3 Å². The van der Waals surface area contributed by atoms with Crippen LogP contribution in [0.4, 0.5) is 10.5 Å². The fraction of sp³-hybridized carbons (Fsp3) is 0.467. The number of nitrogens with one attached hydrogen (secondary N) is 1. The first kappa shape index (κ1) is 14.4. The molecule has 0 saturated carbocycles. The van der Waals surface area contributed by atoms with E-state index in [1.54, 1.807) is 16.7 Å². The van der Waals surface area contributed by atoms with Gasteiger partial charge in [-0.1, -0.05) is 18.2 Å². The van der Waals surface area contributed by atoms with Crippen LogP contribution >= 0.6 is 0 Å². The predicted octanol–water partition coefficient (Wildman–Crippen LogP) is 2.29. The molecule has 5 heteroatoms. The van der Waals surface area contributed by atoms with Gasteiger partial charge in [0.1, 0.15) is 6.04 Å². The van der Waals surface area contributed by atoms with Gasteiger partial charge in [0, 0.05) is 18.8 Å². The second kappa shape index (κ2) is 5.94. The molecule has 0 fully saturated rings. The highest BCUT2D eigenvalue weighted by Crippen LogP contribution is 2.23. The van der Waals surface area contributed by atoms with Gasteiger partial charge in [-0.05, 0) is 32.4 Å². The van der Waals surface area contributed by atoms with Crippen molar-refractivity contribution in [3.05, 3.63) is 29.8 Å². The molecule has 2 rings (SSSR count). The summed E-state index contributed by atoms with van der Waals surface area (Å²) in [7, 11) is 0. The van der Waals surface area contributed by atoms with Gasteiger partial charge in [0.2, 0.25) is 5.91 Å². The van der Waals surface area contributed by atoms with Crippen LogP contribution in [-0.2, 0) is 11.3 Å². The molecule has 1 heterocycles. The maximum Gasteiger partial charge on any atom is 0.320 e. The smallest absolute Gasteiger partial charge is 0.320 e. The number of amides is 3. The Hall–Kier alpha value is -2.04. The molecule has 0 spiro atoms. The second-order valence-electron chi connectivity index (χ2n) is 4.91. The molecule has 0 radical (unpaired) electrons. The van der Waals surface area contributed by atoms with Crippen LogP contribution in [0.2, 0.25) is 0 Å². The number of fused-ring (bicyclic) bond motifs is 1. The molecule has 3 amide bonds. The van der Waals surface area contributed by atoms with Crippen LogP contribution in [0.15, 0.2) is 24.3 Å². The molecule has 1 atom stereocenters. The molecule has 1 aromatic rings. The van der Waals surface area contributed by atoms with Crippen molar-refractivity contribution in [3.63, 3.8) is 0 Å². The molecule has 1 aromatic carbocycles. The maximum atomic E-state index is 12.6. The van der Waals surface area contributed by atoms with Crippen molar-refractivity contribution < 1.29 is 9.59 Å². The molecule has 0 aliphatic carbocycles. The number of nitrogens with zero attached hydrogens (tertiary/aromatic N) is 2. The SMILES string of the molecule is CCN(CC)C(=O)N1Cc2ccccc2NC(=O)C1C. The van der Waals surface area contributed by atoms with Gasteiger partial charge in [-0.15, -0.1) is 0 Å². The normalized spacial score (nSPS) is 18.1. The molecule has 0 bridgehead atoms. The number of anilines is 1. The third-order valence-electron chi connectivity index (χ3n) is 3.74. The molecule has 0 aromatic heterocycles. The van der Waals surface area contributed by atoms with E-state index in [1.165, 1.54) is 0 Å². The summed E-state index contributed by atoms with van der Waals surface area (Å²) in [4.78, 5) is 28.1. The third kappa shape index (κ3) is 2.61. The van der Waals surface area contributed by atoms with Crippen LogP contribution in [0, 0.1) is 0 Å². The lowest BCUT2D eigenvalue weighted by molar-refractivity contribution is -0.120. The van der Waals surface area contributed by atoms with E-state index in [0.29, 0.717) is 19.6 Å². The predicted molar refractivity (Wildman–Crippen MR) is 78.4 cm³/mol. The highest BCUT2D eigenvalue weighted by atomic mass is 16.2. The Morgan fingerprint density at radius 1 is 1.35 bits per heavy atom. The number of hydrogen-bond acceptors (Lipinski definition) is 2. The van der Waals surface area contributed by atoms with Gasteiger partial charge in [-0.25, -0.2) is 4.79 Å². The van der Waals surface area contributed by atoms with E-state index in [2.05, 4.69) is 5.32 Å². The fourth-order valence-electron chi connectivity index (χ4n) is 2.39. The van der Waals surface area contributed by atoms with E-state index in [-0.39, 0.29) is 11.9 Å². The zero-order chi connectivity index (χ0) is 14.7. The van der Waals surface area contributed by atoms with Gasteiger partial charge in [0.15, 0.2) is 0 Å². The number of para-hydroxylation sites is 1. The number of carbonyl (C=O) groups is 2. The van der Waals surface area contributed by atoms with Crippen molar-refractivity contribution in [3.8, 4) is 0 Å². The van der Waals surface area contributed by atoms with Crippen molar-refractivity contribution in [2.24, 2.45) is 0 Å². The monoisotopic (exact) mass is 275 g/mol. The summed E-state index contributed by atoms with van der Waals surface area (Å²) in [5.74, 6) is -0.143. The van der Waals surface area contributed by atoms with Crippen LogP contribution in [0.1, 0.15) is 26.3 Å². The average molecular weight is 275 g/mol. The summed E-state index contributed by atoms with van der Waals surface area (Å²) in [5.41, 5.74) is 1.75. The van der Waals surface area contributed by atoms with Crippen molar-refractivity contribution in [1.29, 1.82) is 0 Å². The second-order valence-corrected chi connectivity index (χ2v) is 4.91. The summed E-state index contributed by atoms with van der Waals surface area (Å²) >= 11 is 0. The first-order chi connectivity index (χ1) is 9.58. The number of hydrogen-bond donors (Lipinski definition) is 1. The van der Waals surface area contributed by atoms with E-state index in [9.17, 15) is 9.59 Å². The van der Waals surface area contributed by atoms with Crippen molar-refractivity contribution in [1.82, 2.24) is 9.80 Å². The molecule has 1 unspecified atom stereocenters. The van der Waals surface area contributed by atoms with Gasteiger partial charge < -0.3 is 15.1 Å². The minimum absolute atomic E-state index is 0.0886. The molecule has 1 N–H and O–H groups in total. The first-order valence-electron chi connectivity index (χ1n) is 7.02. The lowest BCUT2D eigenvalue weighted by atomic mass is 10.1. The third-order valence-corrected chi connectivity index (χ3v) is 3.74. The summed E-state index contributed by atoms with van der Waals surface area (Å²) in [6, 6.07) is 7.04. The Kier molecular flexibility index (Phi) is 4.27. The van der Waals surface area contributed by atoms with E-state index in [1.807, 2.05) is 38.1 Å². The number of rotatable bonds is 2. The largest absolute Gasteiger partial charge is 0.325 e. The minimum Gasteiger partial charge on any atom is -0.325 e. The Morgan fingerprint density at radius 2 is 2.00 bits per heavy atom. The summed E-state index contributed by atoms with van der Waals surface area (Å²) in [6.07, 6.45) is 0. The number of urea groups is 1. The van der Waals surface area contributed by atoms with E-state index in [4.69, 9.17) is 0 Å². The Labute approximate surface area is 119 Å². The van der Waals surface area contributed by atoms with Crippen LogP contribution in [0.25, 0.3) is 0 Å². The molecule has 1 aliphatic heterocycles. The molecule has 108 valence electrons. The highest BCUT2D eigenvalue weighted by molar-refractivity contribution is 5.98. The molecule has 0 saturated heterocycles. The molecule has 20 heavy (non-hydrogen) atoms. The fourth-order valence-corrected chi connectivity index (χ4v) is 2.39. The molecular weight excluding hydrogens is 254 g/mol. The molecule has 5 nitrogen and oxygen atoms in total. The highest BCUT2D eigenvalue weighted by Gasteiger charge is 2.31. The van der Waals surface area contributed by atoms with Gasteiger partial charge in [0.05, 0.1) is 6.54 Å². The minimum atomic E-state index is -0.476. The van der Waals surface area contributed by atoms with Crippen LogP contribution in [-0.4, -0.2) is 40.9 Å². The summed E-state index contributed by atoms with van der Waals surface area (Å²) < 4.78 is 0. The molecular formula is C15H21N3O2. The van der Waals surface area contributed by atoms with E-state index >= 15 is 0 Å². The van der Waals surface area contributed by atoms with Crippen molar-refractivity contribution in [2.45, 2.75) is 33.4 Å². The van der Waals surface area contributed by atoms with Gasteiger partial charge in [-0.3, -0.25) is 4.79 Å². The Balaban J connectivity index is 2.33. The van der Waals surface area contributed by atoms with Gasteiger partial charge >= 0.3 is 6.03 Å². The Bertz CT molecular complexity index is 512. The van der Waals surface area contributed by atoms with Crippen LogP contribution < -0.4 is 5.32 Å². The van der Waals surface area contributed by atoms with E-state index < -0.39 is 6.04 Å². The van der Waals surface area contributed by atoms with Crippen molar-refractivity contribution in [2.75, 3.05) is 18.4 Å². The van der Waals surface area contributed by atoms with Crippen LogP contribution in [0.5, 0.6) is 0 Å². The zero-order valence-electron chi connectivity index (χ0n) is 12.2. The summed E-state index contributed by atoms with van der Waals surface area (Å²) in [5, 5.41) is 2.88. The Morgan fingerprint density at radius 3 is 2.65 bits per heavy atom. The van der Waals surface area contributed by atoms with Gasteiger partial charge in [0.25, 0.3) is 0 Å². The van der Waals surface area contributed by atoms with Crippen molar-refractivity contribution >= 4 is 17.6 Å². The van der Waals surface area contributed by atoms with Gasteiger partial charge in [-0.2, -0.15) is 0 Å². The molecule has 1 aliphatic rings.